The van der Waals surface area contributed by atoms with Gasteiger partial charge < -0.3 is 9.52 Å². The van der Waals surface area contributed by atoms with Crippen LogP contribution in [0.5, 0.6) is 0 Å². The van der Waals surface area contributed by atoms with Crippen molar-refractivity contribution in [2.45, 2.75) is 6.42 Å². The van der Waals surface area contributed by atoms with E-state index in [9.17, 15) is 4.79 Å². The van der Waals surface area contributed by atoms with Crippen molar-refractivity contribution in [3.8, 4) is 0 Å². The van der Waals surface area contributed by atoms with Gasteiger partial charge in [-0.3, -0.25) is 4.79 Å². The molecule has 0 aliphatic carbocycles. The number of carbonyl (C=O) groups excluding carboxylic acids is 1. The van der Waals surface area contributed by atoms with E-state index >= 15 is 0 Å². The molecule has 0 unspecified atom stereocenters. The molecule has 1 rings (SSSR count). The van der Waals surface area contributed by atoms with Gasteiger partial charge in [0.1, 0.15) is 0 Å². The van der Waals surface area contributed by atoms with E-state index < -0.39 is 0 Å². The van der Waals surface area contributed by atoms with Crippen LogP contribution >= 0.6 is 0 Å². The van der Waals surface area contributed by atoms with Crippen LogP contribution in [-0.4, -0.2) is 18.0 Å². The molecule has 0 saturated heterocycles. The summed E-state index contributed by atoms with van der Waals surface area (Å²) in [5.74, 6) is 0.314. The summed E-state index contributed by atoms with van der Waals surface area (Å²) in [6, 6.07) is 1.68. The average Bonchev–Trinajstić information content (AvgIpc) is 2.36. The Hall–Kier alpha value is -1.09. The third-order valence-electron chi connectivity index (χ3n) is 1.27. The molecule has 1 heterocycles. The van der Waals surface area contributed by atoms with Gasteiger partial charge in [0.25, 0.3) is 0 Å². The maximum Gasteiger partial charge on any atom is 0.185 e. The molecule has 0 radical (unpaired) electrons. The lowest BCUT2D eigenvalue weighted by molar-refractivity contribution is 0.109. The lowest BCUT2D eigenvalue weighted by atomic mass is 10.2. The minimum atomic E-state index is 0.0420. The molecule has 0 aliphatic rings. The molecule has 0 aromatic carbocycles. The molecular weight excluding hydrogens is 132 g/mol. The van der Waals surface area contributed by atoms with Gasteiger partial charge in [-0.2, -0.15) is 0 Å². The summed E-state index contributed by atoms with van der Waals surface area (Å²) in [6.45, 7) is 0.0420. The first kappa shape index (κ1) is 7.02. The van der Waals surface area contributed by atoms with Crippen molar-refractivity contribution < 1.29 is 14.3 Å². The molecule has 0 spiro atoms. The van der Waals surface area contributed by atoms with Crippen LogP contribution in [0.3, 0.4) is 0 Å². The molecule has 0 bridgehead atoms. The standard InChI is InChI=1S/C7H8O3/c8-3-1-6-2-4-10-7(6)5-9/h2,4-5,8H,1,3H2. The fraction of sp³-hybridized carbons (Fsp3) is 0.286. The Balaban J connectivity index is 2.79. The van der Waals surface area contributed by atoms with E-state index in [1.165, 1.54) is 6.26 Å². The maximum atomic E-state index is 10.2. The second-order valence-electron chi connectivity index (χ2n) is 1.90. The van der Waals surface area contributed by atoms with Gasteiger partial charge in [-0.25, -0.2) is 0 Å². The van der Waals surface area contributed by atoms with E-state index in [-0.39, 0.29) is 6.61 Å². The highest BCUT2D eigenvalue weighted by molar-refractivity contribution is 5.72. The summed E-state index contributed by atoms with van der Waals surface area (Å²) >= 11 is 0. The normalized spacial score (nSPS) is 9.70. The zero-order valence-electron chi connectivity index (χ0n) is 5.41. The molecule has 0 saturated carbocycles. The van der Waals surface area contributed by atoms with E-state index in [0.717, 1.165) is 5.56 Å². The SMILES string of the molecule is O=Cc1occc1CCO. The van der Waals surface area contributed by atoms with Gasteiger partial charge >= 0.3 is 0 Å². The van der Waals surface area contributed by atoms with Crippen molar-refractivity contribution in [3.05, 3.63) is 23.7 Å². The number of furan rings is 1. The monoisotopic (exact) mass is 140 g/mol. The van der Waals surface area contributed by atoms with Crippen LogP contribution in [0.2, 0.25) is 0 Å². The molecule has 1 aromatic rings. The first-order valence-corrected chi connectivity index (χ1v) is 3.01. The Labute approximate surface area is 58.3 Å². The number of hydrogen-bond acceptors (Lipinski definition) is 3. The van der Waals surface area contributed by atoms with Gasteiger partial charge in [0.2, 0.25) is 0 Å². The molecule has 0 aliphatic heterocycles. The van der Waals surface area contributed by atoms with Crippen LogP contribution in [0, 0.1) is 0 Å². The number of rotatable bonds is 3. The lowest BCUT2D eigenvalue weighted by Crippen LogP contribution is -1.91. The van der Waals surface area contributed by atoms with Gasteiger partial charge in [0, 0.05) is 12.2 Å². The van der Waals surface area contributed by atoms with Crippen LogP contribution in [0.25, 0.3) is 0 Å². The lowest BCUT2D eigenvalue weighted by Gasteiger charge is -1.89. The minimum absolute atomic E-state index is 0.0420. The zero-order chi connectivity index (χ0) is 7.40. The van der Waals surface area contributed by atoms with Gasteiger partial charge in [-0.05, 0) is 12.5 Å². The Bertz CT molecular complexity index is 214. The van der Waals surface area contributed by atoms with Crippen molar-refractivity contribution in [2.75, 3.05) is 6.61 Å². The quantitative estimate of drug-likeness (QED) is 0.626. The smallest absolute Gasteiger partial charge is 0.185 e. The molecule has 1 aromatic heterocycles. The molecular formula is C7H8O3. The summed E-state index contributed by atoms with van der Waals surface area (Å²) in [5, 5.41) is 8.50. The Kier molecular flexibility index (Phi) is 2.23. The molecule has 10 heavy (non-hydrogen) atoms. The minimum Gasteiger partial charge on any atom is -0.461 e. The number of aliphatic hydroxyl groups excluding tert-OH is 1. The molecule has 0 atom stereocenters. The highest BCUT2D eigenvalue weighted by Crippen LogP contribution is 2.07. The van der Waals surface area contributed by atoms with Crippen molar-refractivity contribution in [3.63, 3.8) is 0 Å². The van der Waals surface area contributed by atoms with E-state index in [0.29, 0.717) is 18.5 Å². The Morgan fingerprint density at radius 1 is 1.70 bits per heavy atom. The highest BCUT2D eigenvalue weighted by atomic mass is 16.3. The number of aldehydes is 1. The third-order valence-corrected chi connectivity index (χ3v) is 1.27. The van der Waals surface area contributed by atoms with Gasteiger partial charge in [0.15, 0.2) is 12.0 Å². The van der Waals surface area contributed by atoms with Crippen LogP contribution in [0.4, 0.5) is 0 Å². The van der Waals surface area contributed by atoms with Crippen molar-refractivity contribution >= 4 is 6.29 Å². The molecule has 0 fully saturated rings. The predicted molar refractivity (Wildman–Crippen MR) is 34.9 cm³/mol. The van der Waals surface area contributed by atoms with Crippen LogP contribution in [-0.2, 0) is 6.42 Å². The first-order valence-electron chi connectivity index (χ1n) is 3.01. The van der Waals surface area contributed by atoms with Crippen molar-refractivity contribution in [1.29, 1.82) is 0 Å². The predicted octanol–water partition coefficient (Wildman–Crippen LogP) is 0.627. The molecule has 3 nitrogen and oxygen atoms in total. The van der Waals surface area contributed by atoms with E-state index in [1.807, 2.05) is 0 Å². The Morgan fingerprint density at radius 2 is 2.50 bits per heavy atom. The molecule has 0 amide bonds. The summed E-state index contributed by atoms with van der Waals surface area (Å²) in [7, 11) is 0. The number of carbonyl (C=O) groups is 1. The summed E-state index contributed by atoms with van der Waals surface area (Å²) in [6.07, 6.45) is 2.56. The number of aliphatic hydroxyl groups is 1. The zero-order valence-corrected chi connectivity index (χ0v) is 5.41. The topological polar surface area (TPSA) is 50.4 Å². The number of hydrogen-bond donors (Lipinski definition) is 1. The van der Waals surface area contributed by atoms with Gasteiger partial charge in [-0.15, -0.1) is 0 Å². The van der Waals surface area contributed by atoms with Gasteiger partial charge in [-0.1, -0.05) is 0 Å². The first-order chi connectivity index (χ1) is 4.88. The van der Waals surface area contributed by atoms with E-state index in [2.05, 4.69) is 0 Å². The summed E-state index contributed by atoms with van der Waals surface area (Å²) < 4.78 is 4.79. The third kappa shape index (κ3) is 1.25. The largest absolute Gasteiger partial charge is 0.461 e. The second-order valence-corrected chi connectivity index (χ2v) is 1.90. The van der Waals surface area contributed by atoms with Crippen molar-refractivity contribution in [2.24, 2.45) is 0 Å². The van der Waals surface area contributed by atoms with Crippen LogP contribution in [0.1, 0.15) is 16.1 Å². The second kappa shape index (κ2) is 3.17. The van der Waals surface area contributed by atoms with E-state index in [4.69, 9.17) is 9.52 Å². The average molecular weight is 140 g/mol. The van der Waals surface area contributed by atoms with Crippen LogP contribution in [0.15, 0.2) is 16.7 Å². The molecule has 1 N–H and O–H groups in total. The Morgan fingerprint density at radius 3 is 3.10 bits per heavy atom. The van der Waals surface area contributed by atoms with E-state index in [1.54, 1.807) is 6.07 Å². The van der Waals surface area contributed by atoms with Crippen LogP contribution < -0.4 is 0 Å². The van der Waals surface area contributed by atoms with Gasteiger partial charge in [0.05, 0.1) is 6.26 Å². The maximum absolute atomic E-state index is 10.2. The highest BCUT2D eigenvalue weighted by Gasteiger charge is 2.02. The molecule has 3 heteroatoms. The fourth-order valence-corrected chi connectivity index (χ4v) is 0.778. The molecule has 54 valence electrons. The van der Waals surface area contributed by atoms with Crippen molar-refractivity contribution in [1.82, 2.24) is 0 Å². The fourth-order valence-electron chi connectivity index (χ4n) is 0.778. The summed E-state index contributed by atoms with van der Waals surface area (Å²) in [5.41, 5.74) is 0.762. The summed E-state index contributed by atoms with van der Waals surface area (Å²) in [4.78, 5) is 10.2.